The molecule has 0 radical (unpaired) electrons. The van der Waals surface area contributed by atoms with Gasteiger partial charge in [0.1, 0.15) is 0 Å². The van der Waals surface area contributed by atoms with Gasteiger partial charge in [-0.05, 0) is 30.7 Å². The highest BCUT2D eigenvalue weighted by molar-refractivity contribution is 9.09. The van der Waals surface area contributed by atoms with Crippen LogP contribution in [0.3, 0.4) is 0 Å². The number of rotatable bonds is 4. The molecule has 102 valence electrons. The third-order valence-corrected chi connectivity index (χ3v) is 4.99. The van der Waals surface area contributed by atoms with Crippen LogP contribution in [0.5, 0.6) is 0 Å². The molecule has 0 aromatic carbocycles. The number of nitrogens with zero attached hydrogens (tertiary/aromatic N) is 1. The molecule has 2 heteroatoms. The second-order valence-corrected chi connectivity index (χ2v) is 7.84. The van der Waals surface area contributed by atoms with Crippen LogP contribution in [0.25, 0.3) is 0 Å². The summed E-state index contributed by atoms with van der Waals surface area (Å²) in [6, 6.07) is 0. The van der Waals surface area contributed by atoms with E-state index in [0.29, 0.717) is 10.8 Å². The quantitative estimate of drug-likeness (QED) is 0.537. The van der Waals surface area contributed by atoms with Gasteiger partial charge in [0.25, 0.3) is 0 Å². The standard InChI is InChI=1S/C15H30BrN/c1-14(2,3)12-17(4)13-15(11-16)9-7-5-6-8-10-15/h5-13H2,1-4H3. The molecule has 1 saturated carbocycles. The van der Waals surface area contributed by atoms with E-state index >= 15 is 0 Å². The smallest absolute Gasteiger partial charge is 0.0100 e. The van der Waals surface area contributed by atoms with E-state index in [1.165, 1.54) is 56.9 Å². The molecule has 1 nitrogen and oxygen atoms in total. The summed E-state index contributed by atoms with van der Waals surface area (Å²) < 4.78 is 0. The van der Waals surface area contributed by atoms with Crippen molar-refractivity contribution >= 4 is 15.9 Å². The number of alkyl halides is 1. The topological polar surface area (TPSA) is 3.24 Å². The van der Waals surface area contributed by atoms with E-state index in [4.69, 9.17) is 0 Å². The Morgan fingerprint density at radius 3 is 2.00 bits per heavy atom. The van der Waals surface area contributed by atoms with Gasteiger partial charge in [-0.1, -0.05) is 62.4 Å². The van der Waals surface area contributed by atoms with Crippen molar-refractivity contribution in [2.45, 2.75) is 59.3 Å². The highest BCUT2D eigenvalue weighted by Gasteiger charge is 2.31. The average molecular weight is 304 g/mol. The fourth-order valence-electron chi connectivity index (χ4n) is 3.25. The van der Waals surface area contributed by atoms with Crippen LogP contribution in [0.2, 0.25) is 0 Å². The molecule has 0 N–H and O–H groups in total. The number of halogens is 1. The Bertz CT molecular complexity index is 211. The minimum absolute atomic E-state index is 0.410. The Balaban J connectivity index is 2.54. The van der Waals surface area contributed by atoms with Crippen LogP contribution >= 0.6 is 15.9 Å². The molecule has 0 unspecified atom stereocenters. The highest BCUT2D eigenvalue weighted by atomic mass is 79.9. The first-order chi connectivity index (χ1) is 7.87. The lowest BCUT2D eigenvalue weighted by atomic mass is 9.81. The van der Waals surface area contributed by atoms with Gasteiger partial charge in [-0.15, -0.1) is 0 Å². The maximum atomic E-state index is 3.78. The molecule has 0 amide bonds. The second-order valence-electron chi connectivity index (χ2n) is 7.28. The molecule has 1 aliphatic rings. The minimum atomic E-state index is 0.410. The Labute approximate surface area is 116 Å². The zero-order valence-corrected chi connectivity index (χ0v) is 13.8. The Morgan fingerprint density at radius 2 is 1.59 bits per heavy atom. The maximum absolute atomic E-state index is 3.78. The summed E-state index contributed by atoms with van der Waals surface area (Å²) in [5.74, 6) is 0. The molecule has 0 saturated heterocycles. The van der Waals surface area contributed by atoms with Gasteiger partial charge >= 0.3 is 0 Å². The van der Waals surface area contributed by atoms with E-state index in [-0.39, 0.29) is 0 Å². The fraction of sp³-hybridized carbons (Fsp3) is 1.00. The lowest BCUT2D eigenvalue weighted by Gasteiger charge is -2.37. The fourth-order valence-corrected chi connectivity index (χ4v) is 3.99. The van der Waals surface area contributed by atoms with Crippen molar-refractivity contribution in [2.24, 2.45) is 10.8 Å². The summed E-state index contributed by atoms with van der Waals surface area (Å²) in [6.45, 7) is 9.45. The molecule has 0 aromatic rings. The van der Waals surface area contributed by atoms with Crippen molar-refractivity contribution in [3.8, 4) is 0 Å². The van der Waals surface area contributed by atoms with Gasteiger partial charge in [0.15, 0.2) is 0 Å². The van der Waals surface area contributed by atoms with Gasteiger partial charge in [-0.2, -0.15) is 0 Å². The molecule has 1 rings (SSSR count). The lowest BCUT2D eigenvalue weighted by molar-refractivity contribution is 0.140. The van der Waals surface area contributed by atoms with E-state index in [2.05, 4.69) is 48.6 Å². The molecule has 1 fully saturated rings. The van der Waals surface area contributed by atoms with Gasteiger partial charge < -0.3 is 4.90 Å². The zero-order chi connectivity index (χ0) is 12.9. The molecular weight excluding hydrogens is 274 g/mol. The minimum Gasteiger partial charge on any atom is -0.305 e. The molecule has 0 spiro atoms. The van der Waals surface area contributed by atoms with Gasteiger partial charge in [-0.25, -0.2) is 0 Å². The summed E-state index contributed by atoms with van der Waals surface area (Å²) in [4.78, 5) is 2.55. The molecular formula is C15H30BrN. The first kappa shape index (κ1) is 15.5. The SMILES string of the molecule is CN(CC(C)(C)C)CC1(CBr)CCCCCC1. The van der Waals surface area contributed by atoms with E-state index in [1.54, 1.807) is 0 Å². The van der Waals surface area contributed by atoms with Crippen molar-refractivity contribution in [1.82, 2.24) is 4.90 Å². The van der Waals surface area contributed by atoms with Crippen LogP contribution < -0.4 is 0 Å². The van der Waals surface area contributed by atoms with E-state index in [1.807, 2.05) is 0 Å². The summed E-state index contributed by atoms with van der Waals surface area (Å²) in [5.41, 5.74) is 0.948. The molecule has 0 heterocycles. The maximum Gasteiger partial charge on any atom is 0.0100 e. The summed E-state index contributed by atoms with van der Waals surface area (Å²) >= 11 is 3.78. The van der Waals surface area contributed by atoms with Crippen molar-refractivity contribution in [2.75, 3.05) is 25.5 Å². The van der Waals surface area contributed by atoms with Crippen molar-refractivity contribution < 1.29 is 0 Å². The average Bonchev–Trinajstić information content (AvgIpc) is 2.41. The summed E-state index contributed by atoms with van der Waals surface area (Å²) in [6.07, 6.45) is 8.55. The predicted octanol–water partition coefficient (Wildman–Crippen LogP) is 4.70. The Morgan fingerprint density at radius 1 is 1.06 bits per heavy atom. The Hall–Kier alpha value is 0.440. The van der Waals surface area contributed by atoms with Gasteiger partial charge in [-0.3, -0.25) is 0 Å². The Kier molecular flexibility index (Phi) is 5.98. The van der Waals surface area contributed by atoms with Crippen molar-refractivity contribution in [3.63, 3.8) is 0 Å². The first-order valence-corrected chi connectivity index (χ1v) is 8.24. The van der Waals surface area contributed by atoms with Gasteiger partial charge in [0.2, 0.25) is 0 Å². The largest absolute Gasteiger partial charge is 0.305 e. The van der Waals surface area contributed by atoms with Crippen LogP contribution in [0.1, 0.15) is 59.3 Å². The molecule has 1 aliphatic carbocycles. The molecule has 0 aromatic heterocycles. The summed E-state index contributed by atoms with van der Waals surface area (Å²) in [5, 5.41) is 1.18. The molecule has 17 heavy (non-hydrogen) atoms. The molecule has 0 atom stereocenters. The normalized spacial score (nSPS) is 21.5. The van der Waals surface area contributed by atoms with Crippen LogP contribution in [-0.4, -0.2) is 30.4 Å². The van der Waals surface area contributed by atoms with E-state index < -0.39 is 0 Å². The van der Waals surface area contributed by atoms with E-state index in [0.717, 1.165) is 0 Å². The molecule has 0 bridgehead atoms. The van der Waals surface area contributed by atoms with Crippen LogP contribution in [-0.2, 0) is 0 Å². The monoisotopic (exact) mass is 303 g/mol. The van der Waals surface area contributed by atoms with Crippen LogP contribution in [0.4, 0.5) is 0 Å². The number of hydrogen-bond donors (Lipinski definition) is 0. The highest BCUT2D eigenvalue weighted by Crippen LogP contribution is 2.37. The summed E-state index contributed by atoms with van der Waals surface area (Å²) in [7, 11) is 2.29. The second kappa shape index (κ2) is 6.56. The predicted molar refractivity (Wildman–Crippen MR) is 80.9 cm³/mol. The number of hydrogen-bond acceptors (Lipinski definition) is 1. The third kappa shape index (κ3) is 5.74. The van der Waals surface area contributed by atoms with Crippen LogP contribution in [0, 0.1) is 10.8 Å². The first-order valence-electron chi connectivity index (χ1n) is 7.11. The van der Waals surface area contributed by atoms with E-state index in [9.17, 15) is 0 Å². The van der Waals surface area contributed by atoms with Crippen molar-refractivity contribution in [3.05, 3.63) is 0 Å². The van der Waals surface area contributed by atoms with Gasteiger partial charge in [0.05, 0.1) is 0 Å². The zero-order valence-electron chi connectivity index (χ0n) is 12.2. The third-order valence-electron chi connectivity index (χ3n) is 3.80. The van der Waals surface area contributed by atoms with Gasteiger partial charge in [0, 0.05) is 18.4 Å². The molecule has 0 aliphatic heterocycles. The van der Waals surface area contributed by atoms with Crippen molar-refractivity contribution in [1.29, 1.82) is 0 Å². The lowest BCUT2D eigenvalue weighted by Crippen LogP contribution is -2.40. The van der Waals surface area contributed by atoms with Crippen LogP contribution in [0.15, 0.2) is 0 Å².